The van der Waals surface area contributed by atoms with Gasteiger partial charge in [0.05, 0.1) is 46.7 Å². The van der Waals surface area contributed by atoms with Gasteiger partial charge < -0.3 is 105 Å². The third-order valence-electron chi connectivity index (χ3n) is 25.9. The summed E-state index contributed by atoms with van der Waals surface area (Å²) >= 11 is 6.18. The molecule has 10 amide bonds. The molecule has 0 bridgehead atoms. The van der Waals surface area contributed by atoms with Crippen LogP contribution in [0.2, 0.25) is 5.02 Å². The number of carbonyl (C=O) groups is 13. The molecule has 6 saturated heterocycles. The van der Waals surface area contributed by atoms with Gasteiger partial charge >= 0.3 is 17.9 Å². The van der Waals surface area contributed by atoms with Crippen LogP contribution in [0.4, 0.5) is 33.0 Å². The van der Waals surface area contributed by atoms with Gasteiger partial charge in [-0.2, -0.15) is 0 Å². The maximum absolute atomic E-state index is 15.2. The molecule has 8 aliphatic heterocycles. The number of aromatic carboxylic acids is 1. The number of anilines is 4. The summed E-state index contributed by atoms with van der Waals surface area (Å²) in [5.41, 5.74) is 6.89. The van der Waals surface area contributed by atoms with Gasteiger partial charge in [0, 0.05) is 128 Å². The topological polar surface area (TPSA) is 478 Å². The van der Waals surface area contributed by atoms with Crippen LogP contribution in [0.3, 0.4) is 0 Å². The van der Waals surface area contributed by atoms with Gasteiger partial charge in [-0.15, -0.1) is 0 Å². The first-order valence-corrected chi connectivity index (χ1v) is 46.2. The summed E-state index contributed by atoms with van der Waals surface area (Å²) < 4.78 is 34.3. The van der Waals surface area contributed by atoms with E-state index < -0.39 is 208 Å². The molecule has 0 radical (unpaired) electrons. The Morgan fingerprint density at radius 2 is 1.15 bits per heavy atom. The number of hydrogen-bond acceptors (Lipinski definition) is 27. The van der Waals surface area contributed by atoms with Crippen LogP contribution in [0.15, 0.2) is 85.9 Å². The molecule has 39 nitrogen and oxygen atoms in total. The van der Waals surface area contributed by atoms with Crippen LogP contribution in [0.25, 0.3) is 33.6 Å². The van der Waals surface area contributed by atoms with Crippen molar-refractivity contribution in [3.63, 3.8) is 0 Å². The molecule has 0 unspecified atom stereocenters. The van der Waals surface area contributed by atoms with Crippen LogP contribution >= 0.6 is 11.6 Å². The standard InChI is InChI=1S/C62H86N12O16.C18H19ClN4.C15H17FN4O3/c1-27(2)42-59(84)73-23-17-19-36(73)57(82)69(13)25-38(75)71(15)48(29(5)6)61(86)88-33(11)44(55(80)65-42)67-53(78)35-22-21-31(9)51-46(35)64-47-40(41(63)50(77)32(10)52(47)90-51)54(79)68-45-34(12)89-62(87)49(30(7)8)72(16)39(76)26-70(14)58(83)37-20-18-24-74(37)60(85)43(28(3)4)66-56(45)81;1-22-8-10-23(11-9-22)18-14-4-2-3-5-15(14)20-16-7-6-13(19)12-17(16)21-18;1-2-19-8-10(15(22)23)12(21)9-7-11(16)14(18-13(9)19)20-5-3-17-4-6-20/h21-22,27-30,33-34,36-37,42-45,48-49H,17-20,23-26,63H2,1-16H3,(H,65,80)(H,66,81)(H,67,78)(H,68,79);2-7,12,20H,8-11H2,1H3;7-8,17H,2-6H2,1H3,(H,22,23)/t33-,34-,36+,37+,42-,43-,44+,45+,48+,49+;;/m1../s1. The monoisotopic (exact) mass is 1900 g/mol. The molecule has 0 saturated carbocycles. The number of rotatable bonds is 11. The average Bonchev–Trinajstić information content (AvgIpc) is 0.880. The number of likely N-dealkylation sites (N-methyl/N-ethyl adjacent to an activating group) is 5. The number of amides is 10. The number of carbonyl (C=O) groups excluding carboxylic acids is 12. The number of fused-ring (bicyclic) bond motifs is 7. The minimum absolute atomic E-state index is 0.0110. The van der Waals surface area contributed by atoms with E-state index >= 15 is 9.59 Å². The number of benzene rings is 4. The number of aliphatic imine (C=N–C) groups is 1. The second-order valence-corrected chi connectivity index (χ2v) is 37.4. The minimum Gasteiger partial charge on any atom is -0.477 e. The summed E-state index contributed by atoms with van der Waals surface area (Å²) in [4.78, 5) is 239. The van der Waals surface area contributed by atoms with E-state index in [-0.39, 0.29) is 70.7 Å². The normalized spacial score (nSPS) is 22.9. The van der Waals surface area contributed by atoms with Crippen molar-refractivity contribution in [1.29, 1.82) is 0 Å². The number of carboxylic acids is 1. The largest absolute Gasteiger partial charge is 0.477 e. The lowest BCUT2D eigenvalue weighted by molar-refractivity contribution is -0.163. The summed E-state index contributed by atoms with van der Waals surface area (Å²) in [6.45, 7) is 27.4. The van der Waals surface area contributed by atoms with E-state index in [2.05, 4.69) is 71.9 Å². The Morgan fingerprint density at radius 1 is 0.618 bits per heavy atom. The Labute approximate surface area is 791 Å². The number of pyridine rings is 2. The van der Waals surface area contributed by atoms with Crippen LogP contribution < -0.4 is 53.4 Å². The molecule has 5 aromatic rings. The lowest BCUT2D eigenvalue weighted by Gasteiger charge is -2.36. The van der Waals surface area contributed by atoms with Crippen molar-refractivity contribution in [3.8, 4) is 11.5 Å². The molecule has 1 aliphatic carbocycles. The van der Waals surface area contributed by atoms with E-state index in [1.165, 1.54) is 86.9 Å². The zero-order valence-electron chi connectivity index (χ0n) is 79.9. The minimum atomic E-state index is -1.88. The van der Waals surface area contributed by atoms with E-state index in [1.54, 1.807) is 66.9 Å². The number of cyclic esters (lactones) is 2. The van der Waals surface area contributed by atoms with Crippen molar-refractivity contribution in [2.24, 2.45) is 28.7 Å². The SMILES string of the molecule is CCn1cc(C(=O)O)c(=O)c2cc(F)c(N3CCNCC3)nc21.CN1CCN(C2=Nc3cc(Cl)ccc3Nc3ccccc32)CC1.Cc1c2oc3c(C)ccc(C(=O)N[C@@H]4C(=O)N[C@H](C(C)C)C(=O)N5CCC[C@H]5C(=O)N(C)CC(=O)N(C)[C@@H](C(C)C)C(=O)O[C@@H]4C)c3nc-2c(C(=O)N[C@@H]2C(=O)N[C@H](C(C)C)C(=O)N3CCC[C@H]3C(=O)N(C)CC(=O)N(C)[C@@H](C(C)C)C(=O)O[C@@H]2C)c(N)c1=O. The van der Waals surface area contributed by atoms with Crippen LogP contribution in [0.1, 0.15) is 150 Å². The number of ether oxygens (including phenoxy) is 2. The number of hydrogen-bond donors (Lipinski definition) is 8. The fraction of sp³-hybridized carbons (Fsp3) is 0.516. The molecular weight excluding hydrogens is 1780 g/mol. The van der Waals surface area contributed by atoms with Gasteiger partial charge in [0.25, 0.3) is 11.8 Å². The molecule has 3 aromatic carbocycles. The predicted octanol–water partition coefficient (Wildman–Crippen LogP) is 5.11. The van der Waals surface area contributed by atoms with Crippen LogP contribution in [0.5, 0.6) is 0 Å². The quantitative estimate of drug-likeness (QED) is 0.0473. The first-order chi connectivity index (χ1) is 64.3. The Morgan fingerprint density at radius 3 is 1.66 bits per heavy atom. The molecule has 136 heavy (non-hydrogen) atoms. The number of aromatic nitrogens is 3. The third kappa shape index (κ3) is 21.5. The number of nitrogens with one attached hydrogen (secondary N) is 6. The number of nitrogens with zero attached hydrogens (tertiary/aromatic N) is 13. The zero-order valence-corrected chi connectivity index (χ0v) is 80.7. The molecule has 41 heteroatoms. The maximum Gasteiger partial charge on any atom is 0.341 e. The fourth-order valence-electron chi connectivity index (χ4n) is 18.1. The highest BCUT2D eigenvalue weighted by molar-refractivity contribution is 6.31. The van der Waals surface area contributed by atoms with Crippen LogP contribution in [-0.2, 0) is 64.0 Å². The number of esters is 2. The molecule has 10 heterocycles. The molecule has 9 N–H and O–H groups in total. The summed E-state index contributed by atoms with van der Waals surface area (Å²) in [6.07, 6.45) is -0.387. The number of piperazine rings is 2. The van der Waals surface area contributed by atoms with Crippen molar-refractivity contribution in [2.45, 2.75) is 183 Å². The van der Waals surface area contributed by atoms with Gasteiger partial charge in [0.15, 0.2) is 23.0 Å². The van der Waals surface area contributed by atoms with Crippen LogP contribution in [0, 0.1) is 43.3 Å². The molecule has 14 rings (SSSR count). The van der Waals surface area contributed by atoms with E-state index in [0.29, 0.717) is 48.7 Å². The van der Waals surface area contributed by atoms with Gasteiger partial charge in [0.1, 0.15) is 88.8 Å². The third-order valence-corrected chi connectivity index (χ3v) is 26.2. The van der Waals surface area contributed by atoms with E-state index in [1.807, 2.05) is 36.1 Å². The molecule has 2 aromatic heterocycles. The van der Waals surface area contributed by atoms with Crippen molar-refractivity contribution in [1.82, 2.24) is 80.3 Å². The average molecular weight is 1900 g/mol. The Kier molecular flexibility index (Phi) is 32.0. The smallest absolute Gasteiger partial charge is 0.341 e. The predicted molar refractivity (Wildman–Crippen MR) is 506 cm³/mol. The maximum atomic E-state index is 15.2. The van der Waals surface area contributed by atoms with E-state index in [4.69, 9.17) is 46.3 Å². The molecule has 730 valence electrons. The second kappa shape index (κ2) is 42.8. The van der Waals surface area contributed by atoms with E-state index in [9.17, 15) is 66.7 Å². The molecule has 9 aliphatic rings. The Balaban J connectivity index is 0.000000287. The van der Waals surface area contributed by atoms with Crippen molar-refractivity contribution >= 4 is 145 Å². The summed E-state index contributed by atoms with van der Waals surface area (Å²) in [5, 5.41) is 27.2. The van der Waals surface area contributed by atoms with Gasteiger partial charge in [-0.25, -0.2) is 33.7 Å². The number of para-hydroxylation sites is 1. The zero-order chi connectivity index (χ0) is 99.3. The van der Waals surface area contributed by atoms with Crippen molar-refractivity contribution in [2.75, 3.05) is 130 Å². The number of nitrogens with two attached hydrogens (primary N) is 1. The lowest BCUT2D eigenvalue weighted by Crippen LogP contribution is -2.61. The fourth-order valence-corrected chi connectivity index (χ4v) is 18.3. The van der Waals surface area contributed by atoms with Crippen molar-refractivity contribution < 1.29 is 85.7 Å². The first-order valence-electron chi connectivity index (χ1n) is 45.9. The van der Waals surface area contributed by atoms with Crippen molar-refractivity contribution in [3.05, 3.63) is 132 Å². The lowest BCUT2D eigenvalue weighted by atomic mass is 9.98. The van der Waals surface area contributed by atoms with Gasteiger partial charge in [-0.1, -0.05) is 85.2 Å². The Bertz CT molecular complexity index is 5970. The van der Waals surface area contributed by atoms with E-state index in [0.717, 1.165) is 83.6 Å². The first kappa shape index (κ1) is 102. The number of halogens is 2. The summed E-state index contributed by atoms with van der Waals surface area (Å²) in [6, 6.07) is 7.35. The van der Waals surface area contributed by atoms with Gasteiger partial charge in [0.2, 0.25) is 58.1 Å². The number of aryl methyl sites for hydroxylation is 2. The molecule has 6 fully saturated rings. The van der Waals surface area contributed by atoms with Gasteiger partial charge in [-0.05, 0) is 139 Å². The number of amidine groups is 1. The molecule has 10 atom stereocenters. The second-order valence-electron chi connectivity index (χ2n) is 37.0. The summed E-state index contributed by atoms with van der Waals surface area (Å²) in [7, 11) is 7.75. The van der Waals surface area contributed by atoms with Crippen LogP contribution in [-0.4, -0.2) is 316 Å². The Hall–Kier alpha value is -13.2. The highest BCUT2D eigenvalue weighted by Gasteiger charge is 2.48. The highest BCUT2D eigenvalue weighted by atomic mass is 35.5. The summed E-state index contributed by atoms with van der Waals surface area (Å²) in [5.74, 6) is -13.1. The number of carboxylic acid groups (broad SMARTS) is 1. The number of nitrogen functional groups attached to an aromatic ring is 1. The molecule has 0 spiro atoms. The van der Waals surface area contributed by atoms with Gasteiger partial charge in [-0.3, -0.25) is 57.5 Å². The highest BCUT2D eigenvalue weighted by Crippen LogP contribution is 2.39. The molecular formula is C95H122ClFN20O19.